The van der Waals surface area contributed by atoms with Crippen molar-refractivity contribution in [2.45, 2.75) is 6.42 Å². The molecule has 4 heteroatoms. The first kappa shape index (κ1) is 11.3. The van der Waals surface area contributed by atoms with E-state index in [-0.39, 0.29) is 5.78 Å². The van der Waals surface area contributed by atoms with Gasteiger partial charge in [0, 0.05) is 25.0 Å². The van der Waals surface area contributed by atoms with Crippen LogP contribution in [0.4, 0.5) is 0 Å². The Balaban J connectivity index is 2.20. The standard InChI is InChI=1S/C13H12N2O2/c1-17-13-9-15-7-4-11(13)12(16)8-10-2-5-14-6-3-10/h2-7,9H,8H2,1H3. The van der Waals surface area contributed by atoms with Gasteiger partial charge >= 0.3 is 0 Å². The predicted molar refractivity (Wildman–Crippen MR) is 63.1 cm³/mol. The average Bonchev–Trinajstić information content (AvgIpc) is 2.40. The third kappa shape index (κ3) is 2.66. The molecule has 0 saturated heterocycles. The van der Waals surface area contributed by atoms with Crippen molar-refractivity contribution in [1.82, 2.24) is 9.97 Å². The van der Waals surface area contributed by atoms with E-state index in [4.69, 9.17) is 4.74 Å². The van der Waals surface area contributed by atoms with Gasteiger partial charge in [0.2, 0.25) is 0 Å². The molecule has 0 atom stereocenters. The Morgan fingerprint density at radius 3 is 2.59 bits per heavy atom. The van der Waals surface area contributed by atoms with Crippen molar-refractivity contribution in [2.75, 3.05) is 7.11 Å². The number of nitrogens with zero attached hydrogens (tertiary/aromatic N) is 2. The quantitative estimate of drug-likeness (QED) is 0.750. The third-order valence-corrected chi connectivity index (χ3v) is 2.42. The predicted octanol–water partition coefficient (Wildman–Crippen LogP) is 1.91. The Hall–Kier alpha value is -2.23. The second-order valence-corrected chi connectivity index (χ2v) is 3.53. The SMILES string of the molecule is COc1cnccc1C(=O)Cc1ccncc1. The molecule has 86 valence electrons. The lowest BCUT2D eigenvalue weighted by Gasteiger charge is -2.06. The summed E-state index contributed by atoms with van der Waals surface area (Å²) >= 11 is 0. The highest BCUT2D eigenvalue weighted by Gasteiger charge is 2.12. The maximum atomic E-state index is 12.1. The summed E-state index contributed by atoms with van der Waals surface area (Å²) in [6.07, 6.45) is 6.81. The van der Waals surface area contributed by atoms with Crippen LogP contribution >= 0.6 is 0 Å². The normalized spacial score (nSPS) is 9.94. The summed E-state index contributed by atoms with van der Waals surface area (Å²) in [5.41, 5.74) is 1.49. The van der Waals surface area contributed by atoms with Crippen LogP contribution in [0.1, 0.15) is 15.9 Å². The van der Waals surface area contributed by atoms with E-state index in [0.29, 0.717) is 17.7 Å². The molecule has 17 heavy (non-hydrogen) atoms. The summed E-state index contributed by atoms with van der Waals surface area (Å²) in [6, 6.07) is 5.32. The van der Waals surface area contributed by atoms with Gasteiger partial charge in [-0.15, -0.1) is 0 Å². The Morgan fingerprint density at radius 1 is 1.18 bits per heavy atom. The van der Waals surface area contributed by atoms with Gasteiger partial charge in [0.1, 0.15) is 5.75 Å². The number of carbonyl (C=O) groups excluding carboxylic acids is 1. The van der Waals surface area contributed by atoms with Crippen molar-refractivity contribution < 1.29 is 9.53 Å². The molecule has 4 nitrogen and oxygen atoms in total. The molecular formula is C13H12N2O2. The van der Waals surface area contributed by atoms with E-state index in [1.54, 1.807) is 30.9 Å². The van der Waals surface area contributed by atoms with Crippen LogP contribution in [-0.4, -0.2) is 22.9 Å². The average molecular weight is 228 g/mol. The molecule has 0 spiro atoms. The van der Waals surface area contributed by atoms with Gasteiger partial charge in [-0.25, -0.2) is 0 Å². The molecule has 0 aliphatic heterocycles. The molecule has 0 amide bonds. The van der Waals surface area contributed by atoms with E-state index >= 15 is 0 Å². The van der Waals surface area contributed by atoms with Crippen molar-refractivity contribution in [2.24, 2.45) is 0 Å². The molecule has 0 aliphatic carbocycles. The minimum Gasteiger partial charge on any atom is -0.494 e. The summed E-state index contributed by atoms with van der Waals surface area (Å²) in [6.45, 7) is 0. The van der Waals surface area contributed by atoms with Gasteiger partial charge in [0.05, 0.1) is 18.9 Å². The maximum absolute atomic E-state index is 12.1. The van der Waals surface area contributed by atoms with E-state index in [9.17, 15) is 4.79 Å². The number of ether oxygens (including phenoxy) is 1. The Kier molecular flexibility index (Phi) is 3.45. The van der Waals surface area contributed by atoms with Gasteiger partial charge in [0.15, 0.2) is 5.78 Å². The first-order valence-corrected chi connectivity index (χ1v) is 5.21. The molecule has 0 N–H and O–H groups in total. The van der Waals surface area contributed by atoms with Gasteiger partial charge in [-0.3, -0.25) is 14.8 Å². The third-order valence-electron chi connectivity index (χ3n) is 2.42. The summed E-state index contributed by atoms with van der Waals surface area (Å²) in [4.78, 5) is 19.9. The van der Waals surface area contributed by atoms with E-state index in [0.717, 1.165) is 5.56 Å². The number of aromatic nitrogens is 2. The van der Waals surface area contributed by atoms with Crippen LogP contribution < -0.4 is 4.74 Å². The Morgan fingerprint density at radius 2 is 1.88 bits per heavy atom. The number of Topliss-reactive ketones (excluding diaryl/α,β-unsaturated/α-hetero) is 1. The topological polar surface area (TPSA) is 52.1 Å². The first-order chi connectivity index (χ1) is 8.31. The highest BCUT2D eigenvalue weighted by atomic mass is 16.5. The number of rotatable bonds is 4. The second kappa shape index (κ2) is 5.21. The summed E-state index contributed by atoms with van der Waals surface area (Å²) in [7, 11) is 1.53. The lowest BCUT2D eigenvalue weighted by molar-refractivity contribution is 0.0990. The monoisotopic (exact) mass is 228 g/mol. The zero-order chi connectivity index (χ0) is 12.1. The number of methoxy groups -OCH3 is 1. The van der Waals surface area contributed by atoms with Gasteiger partial charge in [-0.2, -0.15) is 0 Å². The van der Waals surface area contributed by atoms with Crippen LogP contribution in [0.2, 0.25) is 0 Å². The fraction of sp³-hybridized carbons (Fsp3) is 0.154. The molecule has 0 saturated carbocycles. The molecule has 0 radical (unpaired) electrons. The molecule has 2 aromatic heterocycles. The molecular weight excluding hydrogens is 216 g/mol. The molecule has 0 aliphatic rings. The highest BCUT2D eigenvalue weighted by molar-refractivity contribution is 5.99. The molecule has 0 bridgehead atoms. The van der Waals surface area contributed by atoms with Crippen molar-refractivity contribution in [3.05, 3.63) is 54.1 Å². The van der Waals surface area contributed by atoms with Crippen LogP contribution in [0.5, 0.6) is 5.75 Å². The zero-order valence-corrected chi connectivity index (χ0v) is 9.46. The van der Waals surface area contributed by atoms with Gasteiger partial charge in [0.25, 0.3) is 0 Å². The summed E-state index contributed by atoms with van der Waals surface area (Å²) in [5, 5.41) is 0. The second-order valence-electron chi connectivity index (χ2n) is 3.53. The highest BCUT2D eigenvalue weighted by Crippen LogP contribution is 2.17. The lowest BCUT2D eigenvalue weighted by atomic mass is 10.0. The minimum atomic E-state index is 0.00968. The lowest BCUT2D eigenvalue weighted by Crippen LogP contribution is -2.06. The number of carbonyl (C=O) groups is 1. The number of hydrogen-bond donors (Lipinski definition) is 0. The van der Waals surface area contributed by atoms with Crippen LogP contribution in [0.3, 0.4) is 0 Å². The zero-order valence-electron chi connectivity index (χ0n) is 9.46. The molecule has 0 aromatic carbocycles. The van der Waals surface area contributed by atoms with Gasteiger partial charge in [-0.05, 0) is 23.8 Å². The molecule has 2 aromatic rings. The molecule has 2 rings (SSSR count). The van der Waals surface area contributed by atoms with Crippen LogP contribution in [0.25, 0.3) is 0 Å². The first-order valence-electron chi connectivity index (χ1n) is 5.21. The van der Waals surface area contributed by atoms with Crippen LogP contribution in [0, 0.1) is 0 Å². The summed E-state index contributed by atoms with van der Waals surface area (Å²) in [5.74, 6) is 0.516. The van der Waals surface area contributed by atoms with Crippen molar-refractivity contribution >= 4 is 5.78 Å². The van der Waals surface area contributed by atoms with E-state index in [1.807, 2.05) is 12.1 Å². The van der Waals surface area contributed by atoms with Crippen molar-refractivity contribution in [3.63, 3.8) is 0 Å². The van der Waals surface area contributed by atoms with Crippen LogP contribution in [0.15, 0.2) is 43.0 Å². The van der Waals surface area contributed by atoms with E-state index < -0.39 is 0 Å². The minimum absolute atomic E-state index is 0.00968. The smallest absolute Gasteiger partial charge is 0.171 e. The number of pyridine rings is 2. The Bertz CT molecular complexity index is 512. The van der Waals surface area contributed by atoms with E-state index in [2.05, 4.69) is 9.97 Å². The fourth-order valence-electron chi connectivity index (χ4n) is 1.55. The fourth-order valence-corrected chi connectivity index (χ4v) is 1.55. The van der Waals surface area contributed by atoms with E-state index in [1.165, 1.54) is 7.11 Å². The number of hydrogen-bond acceptors (Lipinski definition) is 4. The van der Waals surface area contributed by atoms with Crippen molar-refractivity contribution in [3.8, 4) is 5.75 Å². The van der Waals surface area contributed by atoms with Gasteiger partial charge in [-0.1, -0.05) is 0 Å². The maximum Gasteiger partial charge on any atom is 0.171 e. The summed E-state index contributed by atoms with van der Waals surface area (Å²) < 4.78 is 5.11. The Labute approximate surface area is 99.3 Å². The van der Waals surface area contributed by atoms with Crippen LogP contribution in [-0.2, 0) is 6.42 Å². The van der Waals surface area contributed by atoms with Crippen molar-refractivity contribution in [1.29, 1.82) is 0 Å². The number of ketones is 1. The van der Waals surface area contributed by atoms with Gasteiger partial charge < -0.3 is 4.74 Å². The largest absolute Gasteiger partial charge is 0.494 e. The molecule has 0 unspecified atom stereocenters. The molecule has 0 fully saturated rings. The molecule has 2 heterocycles.